The maximum atomic E-state index is 12.1. The van der Waals surface area contributed by atoms with E-state index in [-0.39, 0.29) is 12.4 Å². The summed E-state index contributed by atoms with van der Waals surface area (Å²) >= 11 is 0. The molecule has 1 aromatic rings. The number of azide groups is 1. The van der Waals surface area contributed by atoms with Crippen LogP contribution in [0.15, 0.2) is 22.2 Å². The summed E-state index contributed by atoms with van der Waals surface area (Å²) in [6.07, 6.45) is -0.176. The first-order chi connectivity index (χ1) is 12.1. The van der Waals surface area contributed by atoms with Crippen molar-refractivity contribution in [3.63, 3.8) is 0 Å². The third-order valence-corrected chi connectivity index (χ3v) is 4.21. The van der Waals surface area contributed by atoms with Crippen LogP contribution in [-0.4, -0.2) is 52.4 Å². The third kappa shape index (κ3) is 3.91. The maximum Gasteiger partial charge on any atom is 0.351 e. The SMILES string of the molecule is [N-]=[N+]=NC[C@H]1O[C@@H](n2ccc(N)nc2=O)C(OC2CCCCO2)C1O. The van der Waals surface area contributed by atoms with E-state index in [2.05, 4.69) is 15.0 Å². The summed E-state index contributed by atoms with van der Waals surface area (Å²) in [6.45, 7) is 0.487. The predicted molar refractivity (Wildman–Crippen MR) is 85.3 cm³/mol. The molecule has 25 heavy (non-hydrogen) atoms. The Bertz CT molecular complexity index is 699. The van der Waals surface area contributed by atoms with Gasteiger partial charge in [0.15, 0.2) is 12.5 Å². The average Bonchev–Trinajstić information content (AvgIpc) is 2.90. The molecule has 3 unspecified atom stereocenters. The van der Waals surface area contributed by atoms with Crippen LogP contribution in [0.1, 0.15) is 25.5 Å². The zero-order valence-corrected chi connectivity index (χ0v) is 13.5. The number of ether oxygens (including phenoxy) is 3. The first-order valence-corrected chi connectivity index (χ1v) is 8.06. The Hall–Kier alpha value is -2.17. The van der Waals surface area contributed by atoms with Crippen molar-refractivity contribution in [2.75, 3.05) is 18.9 Å². The number of aromatic nitrogens is 2. The molecule has 0 amide bonds. The summed E-state index contributed by atoms with van der Waals surface area (Å²) in [6, 6.07) is 1.45. The molecule has 5 atom stereocenters. The van der Waals surface area contributed by atoms with E-state index in [0.717, 1.165) is 12.8 Å². The van der Waals surface area contributed by atoms with Crippen LogP contribution < -0.4 is 11.4 Å². The molecule has 1 aromatic heterocycles. The number of aliphatic hydroxyl groups is 1. The minimum absolute atomic E-state index is 0.0820. The fourth-order valence-corrected chi connectivity index (χ4v) is 2.97. The normalized spacial score (nSPS) is 32.3. The van der Waals surface area contributed by atoms with Crippen LogP contribution in [0, 0.1) is 0 Å². The van der Waals surface area contributed by atoms with Gasteiger partial charge in [-0.15, -0.1) is 0 Å². The highest BCUT2D eigenvalue weighted by Gasteiger charge is 2.47. The number of nitrogens with zero attached hydrogens (tertiary/aromatic N) is 5. The van der Waals surface area contributed by atoms with Gasteiger partial charge in [0.1, 0.15) is 18.0 Å². The van der Waals surface area contributed by atoms with Gasteiger partial charge in [-0.1, -0.05) is 5.11 Å². The molecule has 0 saturated carbocycles. The van der Waals surface area contributed by atoms with E-state index in [0.29, 0.717) is 13.0 Å². The fraction of sp³-hybridized carbons (Fsp3) is 0.714. The lowest BCUT2D eigenvalue weighted by molar-refractivity contribution is -0.215. The van der Waals surface area contributed by atoms with Gasteiger partial charge >= 0.3 is 5.69 Å². The van der Waals surface area contributed by atoms with Crippen LogP contribution in [-0.2, 0) is 14.2 Å². The number of anilines is 1. The van der Waals surface area contributed by atoms with Gasteiger partial charge in [-0.2, -0.15) is 4.98 Å². The van der Waals surface area contributed by atoms with Crippen molar-refractivity contribution in [3.8, 4) is 0 Å². The van der Waals surface area contributed by atoms with Gasteiger partial charge in [0.25, 0.3) is 0 Å². The highest BCUT2D eigenvalue weighted by atomic mass is 16.7. The van der Waals surface area contributed by atoms with Crippen molar-refractivity contribution in [3.05, 3.63) is 33.2 Å². The molecule has 0 radical (unpaired) electrons. The number of rotatable bonds is 5. The predicted octanol–water partition coefficient (Wildman–Crippen LogP) is 0.306. The Morgan fingerprint density at radius 2 is 2.40 bits per heavy atom. The zero-order chi connectivity index (χ0) is 17.8. The van der Waals surface area contributed by atoms with E-state index in [9.17, 15) is 9.90 Å². The summed E-state index contributed by atoms with van der Waals surface area (Å²) in [5.74, 6) is 0.0820. The van der Waals surface area contributed by atoms with Gasteiger partial charge in [0, 0.05) is 17.7 Å². The molecule has 2 aliphatic heterocycles. The van der Waals surface area contributed by atoms with Crippen LogP contribution in [0.4, 0.5) is 5.82 Å². The van der Waals surface area contributed by atoms with E-state index >= 15 is 0 Å². The lowest BCUT2D eigenvalue weighted by atomic mass is 10.1. The van der Waals surface area contributed by atoms with Crippen LogP contribution in [0.2, 0.25) is 0 Å². The third-order valence-electron chi connectivity index (χ3n) is 4.21. The van der Waals surface area contributed by atoms with Crippen LogP contribution >= 0.6 is 0 Å². The number of hydrogen-bond donors (Lipinski definition) is 2. The molecule has 136 valence electrons. The van der Waals surface area contributed by atoms with Crippen molar-refractivity contribution < 1.29 is 19.3 Å². The van der Waals surface area contributed by atoms with E-state index in [4.69, 9.17) is 25.5 Å². The molecule has 2 saturated heterocycles. The van der Waals surface area contributed by atoms with Gasteiger partial charge in [0.05, 0.1) is 12.6 Å². The van der Waals surface area contributed by atoms with Gasteiger partial charge in [-0.05, 0) is 30.9 Å². The summed E-state index contributed by atoms with van der Waals surface area (Å²) in [4.78, 5) is 18.5. The van der Waals surface area contributed by atoms with Crippen LogP contribution in [0.3, 0.4) is 0 Å². The van der Waals surface area contributed by atoms with Crippen molar-refractivity contribution in [2.45, 2.75) is 50.1 Å². The molecular formula is C14H20N6O5. The minimum atomic E-state index is -1.09. The topological polar surface area (TPSA) is 158 Å². The molecule has 3 rings (SSSR count). The lowest BCUT2D eigenvalue weighted by Gasteiger charge is -2.29. The first-order valence-electron chi connectivity index (χ1n) is 8.06. The Balaban J connectivity index is 1.85. The molecule has 0 bridgehead atoms. The number of nitrogen functional groups attached to an aromatic ring is 1. The molecular weight excluding hydrogens is 332 g/mol. The average molecular weight is 352 g/mol. The van der Waals surface area contributed by atoms with E-state index in [1.54, 1.807) is 0 Å². The standard InChI is InChI=1S/C14H20N6O5/c15-9-4-5-20(14(22)18-9)13-12(25-10-3-1-2-6-23-10)11(21)8(24-13)7-17-19-16/h4-5,8,10-13,21H,1-3,6-7H2,(H2,15,18,22)/t8-,10?,11?,12?,13-/m1/s1. The zero-order valence-electron chi connectivity index (χ0n) is 13.5. The van der Waals surface area contributed by atoms with E-state index in [1.807, 2.05) is 0 Å². The molecule has 0 aliphatic carbocycles. The second kappa shape index (κ2) is 7.81. The van der Waals surface area contributed by atoms with Gasteiger partial charge in [-0.25, -0.2) is 4.79 Å². The second-order valence-electron chi connectivity index (χ2n) is 5.91. The number of nitrogens with two attached hydrogens (primary N) is 1. The minimum Gasteiger partial charge on any atom is -0.388 e. The number of aliphatic hydroxyl groups excluding tert-OH is 1. The van der Waals surface area contributed by atoms with Crippen molar-refractivity contribution >= 4 is 5.82 Å². The Kier molecular flexibility index (Phi) is 5.51. The Morgan fingerprint density at radius 3 is 3.08 bits per heavy atom. The molecule has 11 nitrogen and oxygen atoms in total. The summed E-state index contributed by atoms with van der Waals surface area (Å²) in [7, 11) is 0. The van der Waals surface area contributed by atoms with Crippen molar-refractivity contribution in [1.82, 2.24) is 9.55 Å². The smallest absolute Gasteiger partial charge is 0.351 e. The highest BCUT2D eigenvalue weighted by Crippen LogP contribution is 2.33. The largest absolute Gasteiger partial charge is 0.388 e. The van der Waals surface area contributed by atoms with Gasteiger partial charge in [-0.3, -0.25) is 4.57 Å². The summed E-state index contributed by atoms with van der Waals surface area (Å²) < 4.78 is 18.3. The fourth-order valence-electron chi connectivity index (χ4n) is 2.97. The molecule has 3 heterocycles. The molecule has 0 spiro atoms. The maximum absolute atomic E-state index is 12.1. The quantitative estimate of drug-likeness (QED) is 0.438. The van der Waals surface area contributed by atoms with Gasteiger partial charge < -0.3 is 25.1 Å². The molecule has 11 heteroatoms. The van der Waals surface area contributed by atoms with Crippen molar-refractivity contribution in [1.29, 1.82) is 0 Å². The van der Waals surface area contributed by atoms with Crippen molar-refractivity contribution in [2.24, 2.45) is 5.11 Å². The number of hydrogen-bond acceptors (Lipinski definition) is 8. The first kappa shape index (κ1) is 17.6. The highest BCUT2D eigenvalue weighted by molar-refractivity contribution is 5.23. The monoisotopic (exact) mass is 352 g/mol. The lowest BCUT2D eigenvalue weighted by Crippen LogP contribution is -2.41. The molecule has 2 aliphatic rings. The second-order valence-corrected chi connectivity index (χ2v) is 5.91. The summed E-state index contributed by atoms with van der Waals surface area (Å²) in [5, 5.41) is 14.0. The molecule has 0 aromatic carbocycles. The van der Waals surface area contributed by atoms with Gasteiger partial charge in [0.2, 0.25) is 0 Å². The Labute approximate surface area is 142 Å². The van der Waals surface area contributed by atoms with Crippen LogP contribution in [0.25, 0.3) is 10.4 Å². The Morgan fingerprint density at radius 1 is 1.56 bits per heavy atom. The van der Waals surface area contributed by atoms with Crippen LogP contribution in [0.5, 0.6) is 0 Å². The van der Waals surface area contributed by atoms with E-state index in [1.165, 1.54) is 16.8 Å². The van der Waals surface area contributed by atoms with E-state index < -0.39 is 36.5 Å². The molecule has 2 fully saturated rings. The molecule has 3 N–H and O–H groups in total. The summed E-state index contributed by atoms with van der Waals surface area (Å²) in [5.41, 5.74) is 13.4.